The van der Waals surface area contributed by atoms with Crippen LogP contribution in [0.3, 0.4) is 0 Å². The van der Waals surface area contributed by atoms with Gasteiger partial charge in [0.2, 0.25) is 11.8 Å². The van der Waals surface area contributed by atoms with Crippen molar-refractivity contribution in [2.75, 3.05) is 31.1 Å². The number of carboxylic acid groups (broad SMARTS) is 1. The smallest absolute Gasteiger partial charge is 0.353 e. The second-order valence-corrected chi connectivity index (χ2v) is 13.5. The molecule has 34 heavy (non-hydrogen) atoms. The van der Waals surface area contributed by atoms with Gasteiger partial charge in [-0.2, -0.15) is 0 Å². The Morgan fingerprint density at radius 2 is 1.88 bits per heavy atom. The number of β-lactam (4-membered cyclic amide) rings is 1. The summed E-state index contributed by atoms with van der Waals surface area (Å²) in [5.74, 6) is -2.25. The fourth-order valence-corrected chi connectivity index (χ4v) is 8.34. The summed E-state index contributed by atoms with van der Waals surface area (Å²) < 4.78 is 23.3. The fourth-order valence-electron chi connectivity index (χ4n) is 5.66. The average molecular weight is 514 g/mol. The number of nitrogens with one attached hydrogen (secondary N) is 1. The number of ketones is 1. The number of sulfone groups is 1. The van der Waals surface area contributed by atoms with Crippen LogP contribution >= 0.6 is 11.8 Å². The van der Waals surface area contributed by atoms with E-state index < -0.39 is 21.8 Å². The van der Waals surface area contributed by atoms with Crippen molar-refractivity contribution in [3.05, 3.63) is 10.6 Å². The maximum Gasteiger partial charge on any atom is 0.353 e. The van der Waals surface area contributed by atoms with Gasteiger partial charge in [-0.15, -0.1) is 11.8 Å². The number of hydrogen-bond acceptors (Lipinski definition) is 8. The van der Waals surface area contributed by atoms with Crippen LogP contribution in [-0.4, -0.2) is 95.4 Å². The Labute approximate surface area is 203 Å². The molecular formula is C22H31N3O7S2. The van der Waals surface area contributed by atoms with E-state index in [4.69, 9.17) is 0 Å². The van der Waals surface area contributed by atoms with Gasteiger partial charge in [0.05, 0.1) is 29.5 Å². The van der Waals surface area contributed by atoms with Gasteiger partial charge in [0.1, 0.15) is 11.5 Å². The third kappa shape index (κ3) is 4.51. The van der Waals surface area contributed by atoms with E-state index in [1.165, 1.54) is 23.6 Å². The minimum atomic E-state index is -3.08. The molecule has 0 aromatic rings. The lowest BCUT2D eigenvalue weighted by Crippen LogP contribution is -2.62. The highest BCUT2D eigenvalue weighted by atomic mass is 32.2. The van der Waals surface area contributed by atoms with Crippen LogP contribution in [0.5, 0.6) is 0 Å². The zero-order valence-electron chi connectivity index (χ0n) is 19.5. The topological polar surface area (TPSA) is 141 Å². The third-order valence-corrected chi connectivity index (χ3v) is 10.5. The van der Waals surface area contributed by atoms with Crippen LogP contribution in [-0.2, 0) is 29.0 Å². The van der Waals surface area contributed by atoms with E-state index in [1.54, 1.807) is 4.90 Å². The second kappa shape index (κ2) is 9.27. The molecule has 0 spiro atoms. The van der Waals surface area contributed by atoms with Gasteiger partial charge in [-0.05, 0) is 19.3 Å². The first-order chi connectivity index (χ1) is 15.9. The van der Waals surface area contributed by atoms with Crippen molar-refractivity contribution in [3.8, 4) is 0 Å². The van der Waals surface area contributed by atoms with Gasteiger partial charge in [0, 0.05) is 42.1 Å². The molecule has 2 N–H and O–H groups in total. The van der Waals surface area contributed by atoms with Gasteiger partial charge in [0.25, 0.3) is 0 Å². The number of carbonyl (C=O) groups excluding carboxylic acids is 3. The summed E-state index contributed by atoms with van der Waals surface area (Å²) in [7, 11) is -3.08. The van der Waals surface area contributed by atoms with E-state index >= 15 is 0 Å². The molecule has 0 bridgehead atoms. The lowest BCUT2D eigenvalue weighted by molar-refractivity contribution is -0.160. The summed E-state index contributed by atoms with van der Waals surface area (Å²) in [6.45, 7) is 6.18. The molecule has 10 nitrogen and oxygen atoms in total. The van der Waals surface area contributed by atoms with Crippen LogP contribution < -0.4 is 5.32 Å². The summed E-state index contributed by atoms with van der Waals surface area (Å²) in [6.07, 6.45) is 0.783. The minimum absolute atomic E-state index is 0.00413. The highest BCUT2D eigenvalue weighted by molar-refractivity contribution is 8.03. The molecule has 2 amide bonds. The molecule has 0 radical (unpaired) electrons. The van der Waals surface area contributed by atoms with Crippen molar-refractivity contribution >= 4 is 45.2 Å². The fraction of sp³-hybridized carbons (Fsp3) is 0.727. The summed E-state index contributed by atoms with van der Waals surface area (Å²) in [5.41, 5.74) is 0.0230. The Bertz CT molecular complexity index is 1040. The Balaban J connectivity index is 1.43. The van der Waals surface area contributed by atoms with Crippen molar-refractivity contribution < 1.29 is 32.7 Å². The molecule has 0 unspecified atom stereocenters. The summed E-state index contributed by atoms with van der Waals surface area (Å²) in [5, 5.41) is 13.1. The predicted octanol–water partition coefficient (Wildman–Crippen LogP) is 0.0952. The third-order valence-electron chi connectivity index (χ3n) is 7.35. The number of nitrogens with zero attached hydrogens (tertiary/aromatic N) is 2. The van der Waals surface area contributed by atoms with Crippen molar-refractivity contribution in [1.29, 1.82) is 0 Å². The number of amides is 2. The molecule has 188 valence electrons. The van der Waals surface area contributed by atoms with Gasteiger partial charge >= 0.3 is 5.97 Å². The van der Waals surface area contributed by atoms with E-state index in [1.807, 2.05) is 13.8 Å². The predicted molar refractivity (Wildman–Crippen MR) is 125 cm³/mol. The Morgan fingerprint density at radius 3 is 2.47 bits per heavy atom. The summed E-state index contributed by atoms with van der Waals surface area (Å²) in [4.78, 5) is 53.0. The van der Waals surface area contributed by atoms with E-state index in [-0.39, 0.29) is 83.4 Å². The molecule has 3 fully saturated rings. The SMILES string of the molecule is CC(=O)C[C@H](C)[C@H]1C(=O)N2C(C(=O)O)=C(S[C@@H]3CN[C@H](C(=O)N4CCS(=O)(=O)CC4)C3)[C@H](C)[C@H]12. The lowest BCUT2D eigenvalue weighted by Gasteiger charge is -2.47. The van der Waals surface area contributed by atoms with E-state index in [2.05, 4.69) is 5.32 Å². The molecule has 0 aromatic carbocycles. The van der Waals surface area contributed by atoms with Crippen LogP contribution in [0.1, 0.15) is 33.6 Å². The molecular weight excluding hydrogens is 482 g/mol. The summed E-state index contributed by atoms with van der Waals surface area (Å²) >= 11 is 1.41. The molecule has 0 aromatic heterocycles. The molecule has 3 saturated heterocycles. The first-order valence-electron chi connectivity index (χ1n) is 11.6. The Kier molecular flexibility index (Phi) is 6.87. The highest BCUT2D eigenvalue weighted by Gasteiger charge is 2.60. The Hall–Kier alpha value is -1.92. The first kappa shape index (κ1) is 25.2. The summed E-state index contributed by atoms with van der Waals surface area (Å²) in [6, 6.07) is -0.705. The number of rotatable bonds is 7. The van der Waals surface area contributed by atoms with Gasteiger partial charge < -0.3 is 25.0 Å². The van der Waals surface area contributed by atoms with E-state index in [9.17, 15) is 32.7 Å². The van der Waals surface area contributed by atoms with Gasteiger partial charge in [-0.3, -0.25) is 9.59 Å². The van der Waals surface area contributed by atoms with E-state index in [0.29, 0.717) is 17.9 Å². The zero-order valence-corrected chi connectivity index (χ0v) is 21.2. The largest absolute Gasteiger partial charge is 0.477 e. The number of thioether (sulfide) groups is 1. The minimum Gasteiger partial charge on any atom is -0.477 e. The van der Waals surface area contributed by atoms with Crippen LogP contribution in [0.2, 0.25) is 0 Å². The van der Waals surface area contributed by atoms with Crippen LogP contribution in [0.15, 0.2) is 10.6 Å². The number of carbonyl (C=O) groups is 4. The molecule has 0 aliphatic carbocycles. The average Bonchev–Trinajstić information content (AvgIpc) is 3.29. The quantitative estimate of drug-likeness (QED) is 0.453. The van der Waals surface area contributed by atoms with Crippen molar-refractivity contribution in [1.82, 2.24) is 15.1 Å². The van der Waals surface area contributed by atoms with Crippen LogP contribution in [0, 0.1) is 17.8 Å². The maximum absolute atomic E-state index is 12.9. The van der Waals surface area contributed by atoms with Crippen molar-refractivity contribution in [2.24, 2.45) is 17.8 Å². The number of carboxylic acids is 1. The van der Waals surface area contributed by atoms with Crippen molar-refractivity contribution in [3.63, 3.8) is 0 Å². The van der Waals surface area contributed by atoms with Gasteiger partial charge in [0.15, 0.2) is 9.84 Å². The highest BCUT2D eigenvalue weighted by Crippen LogP contribution is 2.53. The second-order valence-electron chi connectivity index (χ2n) is 9.83. The molecule has 4 aliphatic rings. The maximum atomic E-state index is 12.9. The standard InChI is InChI=1S/C22H31N3O7S2/c1-11(8-12(2)26)16-17-13(3)19(18(22(29)30)25(17)21(16)28)33-14-9-15(23-10-14)20(27)24-4-6-34(31,32)7-5-24/h11,13-17,23H,4-10H2,1-3H3,(H,29,30)/t11-,13+,14-,15-,16+,17+/m0/s1. The monoisotopic (exact) mass is 513 g/mol. The van der Waals surface area contributed by atoms with Gasteiger partial charge in [-0.1, -0.05) is 13.8 Å². The molecule has 0 saturated carbocycles. The first-order valence-corrected chi connectivity index (χ1v) is 14.3. The Morgan fingerprint density at radius 1 is 1.24 bits per heavy atom. The van der Waals surface area contributed by atoms with Crippen LogP contribution in [0.4, 0.5) is 0 Å². The molecule has 4 aliphatic heterocycles. The number of aliphatic carboxylic acids is 1. The number of hydrogen-bond donors (Lipinski definition) is 2. The van der Waals surface area contributed by atoms with Crippen LogP contribution in [0.25, 0.3) is 0 Å². The number of fused-ring (bicyclic) bond motifs is 1. The van der Waals surface area contributed by atoms with Gasteiger partial charge in [-0.25, -0.2) is 13.2 Å². The van der Waals surface area contributed by atoms with E-state index in [0.717, 1.165) is 0 Å². The van der Waals surface area contributed by atoms with Crippen molar-refractivity contribution in [2.45, 2.75) is 50.9 Å². The normalized spacial score (nSPS) is 33.5. The molecule has 4 rings (SSSR count). The molecule has 12 heteroatoms. The molecule has 6 atom stereocenters. The molecule has 4 heterocycles. The zero-order chi connectivity index (χ0) is 24.9. The lowest BCUT2D eigenvalue weighted by atomic mass is 9.73. The number of Topliss-reactive ketones (excluding diaryl/α,β-unsaturated/α-hetero) is 1.